The fourth-order valence-corrected chi connectivity index (χ4v) is 2.69. The first-order valence-corrected chi connectivity index (χ1v) is 7.72. The minimum atomic E-state index is -0.290. The summed E-state index contributed by atoms with van der Waals surface area (Å²) < 4.78 is 18.6. The summed E-state index contributed by atoms with van der Waals surface area (Å²) in [6.07, 6.45) is 0. The number of phenols is 1. The number of benzene rings is 2. The third-order valence-electron chi connectivity index (χ3n) is 4.11. The lowest BCUT2D eigenvalue weighted by molar-refractivity contribution is 0.289. The molecule has 0 unspecified atom stereocenters. The number of nitrogens with zero attached hydrogens (tertiary/aromatic N) is 2. The van der Waals surface area contributed by atoms with Crippen LogP contribution in [0, 0.1) is 5.82 Å². The van der Waals surface area contributed by atoms with Crippen LogP contribution in [0.2, 0.25) is 0 Å². The summed E-state index contributed by atoms with van der Waals surface area (Å²) in [4.78, 5) is 2.19. The molecule has 5 heteroatoms. The van der Waals surface area contributed by atoms with Crippen molar-refractivity contribution < 1.29 is 14.0 Å². The van der Waals surface area contributed by atoms with Crippen LogP contribution in [0.3, 0.4) is 0 Å². The SMILES string of the molecule is CCN(CC)Cc1c(O)ccc2c(-c3ccc(F)cc3)noc12. The van der Waals surface area contributed by atoms with E-state index >= 15 is 0 Å². The van der Waals surface area contributed by atoms with Gasteiger partial charge in [0.15, 0.2) is 5.58 Å². The van der Waals surface area contributed by atoms with E-state index in [0.29, 0.717) is 17.8 Å². The largest absolute Gasteiger partial charge is 0.507 e. The van der Waals surface area contributed by atoms with Crippen LogP contribution >= 0.6 is 0 Å². The van der Waals surface area contributed by atoms with Gasteiger partial charge in [-0.2, -0.15) is 0 Å². The maximum Gasteiger partial charge on any atom is 0.175 e. The van der Waals surface area contributed by atoms with Gasteiger partial charge in [0.1, 0.15) is 17.3 Å². The van der Waals surface area contributed by atoms with E-state index in [2.05, 4.69) is 23.9 Å². The van der Waals surface area contributed by atoms with Crippen LogP contribution in [0.5, 0.6) is 5.75 Å². The van der Waals surface area contributed by atoms with E-state index in [0.717, 1.165) is 29.6 Å². The number of halogens is 1. The lowest BCUT2D eigenvalue weighted by Gasteiger charge is -2.18. The van der Waals surface area contributed by atoms with Gasteiger partial charge in [-0.05, 0) is 49.5 Å². The van der Waals surface area contributed by atoms with Gasteiger partial charge in [-0.3, -0.25) is 4.90 Å². The minimum Gasteiger partial charge on any atom is -0.507 e. The molecule has 0 radical (unpaired) electrons. The van der Waals surface area contributed by atoms with Crippen molar-refractivity contribution in [2.24, 2.45) is 0 Å². The van der Waals surface area contributed by atoms with Gasteiger partial charge in [0.25, 0.3) is 0 Å². The third kappa shape index (κ3) is 2.92. The molecular formula is C18H19FN2O2. The van der Waals surface area contributed by atoms with Crippen LogP contribution in [0.1, 0.15) is 19.4 Å². The van der Waals surface area contributed by atoms with Gasteiger partial charge in [0, 0.05) is 12.1 Å². The molecular weight excluding hydrogens is 295 g/mol. The first kappa shape index (κ1) is 15.5. The van der Waals surface area contributed by atoms with Crippen LogP contribution in [0.15, 0.2) is 40.9 Å². The molecule has 3 rings (SSSR count). The second-order valence-corrected chi connectivity index (χ2v) is 5.44. The smallest absolute Gasteiger partial charge is 0.175 e. The minimum absolute atomic E-state index is 0.200. The highest BCUT2D eigenvalue weighted by atomic mass is 19.1. The highest BCUT2D eigenvalue weighted by Crippen LogP contribution is 2.34. The normalized spacial score (nSPS) is 11.5. The Hall–Kier alpha value is -2.40. The van der Waals surface area contributed by atoms with Crippen molar-refractivity contribution in [2.45, 2.75) is 20.4 Å². The Morgan fingerprint density at radius 1 is 1.09 bits per heavy atom. The second kappa shape index (κ2) is 6.38. The molecule has 1 N–H and O–H groups in total. The van der Waals surface area contributed by atoms with Crippen LogP contribution < -0.4 is 0 Å². The molecule has 3 aromatic rings. The monoisotopic (exact) mass is 314 g/mol. The molecule has 0 aliphatic rings. The standard InChI is InChI=1S/C18H19FN2O2/c1-3-21(4-2)11-15-16(22)10-9-14-17(20-23-18(14)15)12-5-7-13(19)8-6-12/h5-10,22H,3-4,11H2,1-2H3. The Morgan fingerprint density at radius 2 is 1.78 bits per heavy atom. The Bertz CT molecular complexity index is 808. The number of phenolic OH excluding ortho intramolecular Hbond substituents is 1. The zero-order valence-electron chi connectivity index (χ0n) is 13.2. The van der Waals surface area contributed by atoms with E-state index < -0.39 is 0 Å². The van der Waals surface area contributed by atoms with E-state index in [4.69, 9.17) is 4.52 Å². The van der Waals surface area contributed by atoms with E-state index in [1.165, 1.54) is 12.1 Å². The fraction of sp³-hybridized carbons (Fsp3) is 0.278. The van der Waals surface area contributed by atoms with Gasteiger partial charge in [-0.1, -0.05) is 19.0 Å². The van der Waals surface area contributed by atoms with Gasteiger partial charge in [0.2, 0.25) is 0 Å². The van der Waals surface area contributed by atoms with Crippen molar-refractivity contribution in [1.29, 1.82) is 0 Å². The summed E-state index contributed by atoms with van der Waals surface area (Å²) >= 11 is 0. The Morgan fingerprint density at radius 3 is 2.43 bits per heavy atom. The molecule has 0 fully saturated rings. The van der Waals surface area contributed by atoms with Crippen LogP contribution in [-0.4, -0.2) is 28.3 Å². The van der Waals surface area contributed by atoms with Crippen molar-refractivity contribution in [3.8, 4) is 17.0 Å². The quantitative estimate of drug-likeness (QED) is 0.767. The van der Waals surface area contributed by atoms with E-state index in [1.54, 1.807) is 24.3 Å². The van der Waals surface area contributed by atoms with Crippen molar-refractivity contribution in [2.75, 3.05) is 13.1 Å². The number of aromatic hydroxyl groups is 1. The zero-order valence-corrected chi connectivity index (χ0v) is 13.2. The fourth-order valence-electron chi connectivity index (χ4n) is 2.69. The summed E-state index contributed by atoms with van der Waals surface area (Å²) in [5.41, 5.74) is 2.74. The first-order chi connectivity index (χ1) is 11.1. The van der Waals surface area contributed by atoms with E-state index in [9.17, 15) is 9.50 Å². The van der Waals surface area contributed by atoms with E-state index in [1.807, 2.05) is 0 Å². The average molecular weight is 314 g/mol. The Labute approximate surface area is 134 Å². The highest BCUT2D eigenvalue weighted by molar-refractivity contribution is 5.94. The molecule has 1 heterocycles. The first-order valence-electron chi connectivity index (χ1n) is 7.72. The Kier molecular flexibility index (Phi) is 4.30. The third-order valence-corrected chi connectivity index (χ3v) is 4.11. The number of hydrogen-bond donors (Lipinski definition) is 1. The number of fused-ring (bicyclic) bond motifs is 1. The van der Waals surface area contributed by atoms with Gasteiger partial charge in [-0.15, -0.1) is 0 Å². The summed E-state index contributed by atoms with van der Waals surface area (Å²) in [6.45, 7) is 6.50. The molecule has 0 atom stereocenters. The molecule has 0 spiro atoms. The molecule has 4 nitrogen and oxygen atoms in total. The van der Waals surface area contributed by atoms with Gasteiger partial charge >= 0.3 is 0 Å². The molecule has 23 heavy (non-hydrogen) atoms. The molecule has 0 saturated heterocycles. The predicted molar refractivity (Wildman–Crippen MR) is 87.7 cm³/mol. The second-order valence-electron chi connectivity index (χ2n) is 5.44. The predicted octanol–water partition coefficient (Wildman–Crippen LogP) is 4.18. The van der Waals surface area contributed by atoms with Gasteiger partial charge in [0.05, 0.1) is 10.9 Å². The van der Waals surface area contributed by atoms with Gasteiger partial charge in [-0.25, -0.2) is 4.39 Å². The number of aromatic nitrogens is 1. The maximum absolute atomic E-state index is 13.1. The lowest BCUT2D eigenvalue weighted by Crippen LogP contribution is -2.22. The van der Waals surface area contributed by atoms with Crippen molar-refractivity contribution in [3.63, 3.8) is 0 Å². The highest BCUT2D eigenvalue weighted by Gasteiger charge is 2.18. The Balaban J connectivity index is 2.09. The maximum atomic E-state index is 13.1. The lowest BCUT2D eigenvalue weighted by atomic mass is 10.0. The van der Waals surface area contributed by atoms with Crippen LogP contribution in [0.4, 0.5) is 4.39 Å². The van der Waals surface area contributed by atoms with Crippen LogP contribution in [0.25, 0.3) is 22.2 Å². The number of rotatable bonds is 5. The molecule has 1 aromatic heterocycles. The zero-order chi connectivity index (χ0) is 16.4. The number of hydrogen-bond acceptors (Lipinski definition) is 4. The summed E-state index contributed by atoms with van der Waals surface area (Å²) in [5.74, 6) is -0.0902. The van der Waals surface area contributed by atoms with E-state index in [-0.39, 0.29) is 11.6 Å². The topological polar surface area (TPSA) is 49.5 Å². The van der Waals surface area contributed by atoms with Crippen molar-refractivity contribution in [1.82, 2.24) is 10.1 Å². The molecule has 0 aliphatic carbocycles. The molecule has 120 valence electrons. The van der Waals surface area contributed by atoms with Crippen molar-refractivity contribution >= 4 is 11.0 Å². The molecule has 2 aromatic carbocycles. The van der Waals surface area contributed by atoms with Gasteiger partial charge < -0.3 is 9.63 Å². The summed E-state index contributed by atoms with van der Waals surface area (Å²) in [6, 6.07) is 9.57. The summed E-state index contributed by atoms with van der Waals surface area (Å²) in [5, 5.41) is 15.1. The molecule has 0 aliphatic heterocycles. The van der Waals surface area contributed by atoms with Crippen molar-refractivity contribution in [3.05, 3.63) is 47.8 Å². The summed E-state index contributed by atoms with van der Waals surface area (Å²) in [7, 11) is 0. The molecule has 0 bridgehead atoms. The molecule has 0 saturated carbocycles. The van der Waals surface area contributed by atoms with Crippen LogP contribution in [-0.2, 0) is 6.54 Å². The molecule has 0 amide bonds. The average Bonchev–Trinajstić information content (AvgIpc) is 2.99.